The first-order valence-corrected chi connectivity index (χ1v) is 10.4. The van der Waals surface area contributed by atoms with Crippen LogP contribution in [0.15, 0.2) is 47.5 Å². The Balaban J connectivity index is 1.65. The molecule has 0 atom stereocenters. The van der Waals surface area contributed by atoms with Crippen LogP contribution in [0.4, 0.5) is 5.69 Å². The quantitative estimate of drug-likeness (QED) is 0.313. The van der Waals surface area contributed by atoms with Gasteiger partial charge in [-0.2, -0.15) is 4.99 Å². The first kappa shape index (κ1) is 19.6. The van der Waals surface area contributed by atoms with Crippen molar-refractivity contribution in [3.8, 4) is 11.8 Å². The van der Waals surface area contributed by atoms with Crippen molar-refractivity contribution in [2.24, 2.45) is 10.9 Å². The fraction of sp³-hybridized carbons (Fsp3) is 0.400. The minimum Gasteiger partial charge on any atom is -0.195 e. The standard InChI is InChI=1S/C25H27NS/c1-3-4-20-6-11-23(12-7-20)24-13-8-21(9-14-24)5-10-22-15-16-25(26-18-27)17-19(22)2/h8-9,13-17,20,23H,3-4,6-7,11-12H2,1-2H3. The number of isothiocyanates is 1. The number of aliphatic imine (C=N–C) groups is 1. The summed E-state index contributed by atoms with van der Waals surface area (Å²) in [7, 11) is 0. The average Bonchev–Trinajstić information content (AvgIpc) is 2.69. The summed E-state index contributed by atoms with van der Waals surface area (Å²) in [6, 6.07) is 14.8. The lowest BCUT2D eigenvalue weighted by Gasteiger charge is -2.28. The Hall–Kier alpha value is -2.20. The van der Waals surface area contributed by atoms with Gasteiger partial charge in [0.25, 0.3) is 0 Å². The van der Waals surface area contributed by atoms with Crippen LogP contribution in [0.3, 0.4) is 0 Å². The van der Waals surface area contributed by atoms with E-state index in [0.717, 1.165) is 34.2 Å². The van der Waals surface area contributed by atoms with Gasteiger partial charge in [-0.1, -0.05) is 43.7 Å². The molecule has 1 fully saturated rings. The second-order valence-electron chi connectivity index (χ2n) is 7.58. The van der Waals surface area contributed by atoms with E-state index in [1.165, 1.54) is 44.1 Å². The van der Waals surface area contributed by atoms with Gasteiger partial charge >= 0.3 is 0 Å². The minimum absolute atomic E-state index is 0.733. The molecule has 0 spiro atoms. The van der Waals surface area contributed by atoms with Crippen LogP contribution in [0, 0.1) is 24.7 Å². The van der Waals surface area contributed by atoms with Crippen LogP contribution < -0.4 is 0 Å². The van der Waals surface area contributed by atoms with Crippen LogP contribution in [0.25, 0.3) is 0 Å². The molecule has 0 heterocycles. The zero-order valence-corrected chi connectivity index (χ0v) is 17.1. The van der Waals surface area contributed by atoms with E-state index in [4.69, 9.17) is 0 Å². The van der Waals surface area contributed by atoms with Gasteiger partial charge in [-0.3, -0.25) is 0 Å². The number of hydrogen-bond acceptors (Lipinski definition) is 2. The third-order valence-electron chi connectivity index (χ3n) is 5.65. The van der Waals surface area contributed by atoms with E-state index in [2.05, 4.69) is 65.4 Å². The van der Waals surface area contributed by atoms with Crippen molar-refractivity contribution >= 4 is 23.1 Å². The first-order chi connectivity index (χ1) is 13.2. The summed E-state index contributed by atoms with van der Waals surface area (Å²) in [4.78, 5) is 4.01. The van der Waals surface area contributed by atoms with Crippen molar-refractivity contribution < 1.29 is 0 Å². The summed E-state index contributed by atoms with van der Waals surface area (Å²) >= 11 is 4.66. The highest BCUT2D eigenvalue weighted by Crippen LogP contribution is 2.37. The highest BCUT2D eigenvalue weighted by Gasteiger charge is 2.21. The van der Waals surface area contributed by atoms with Gasteiger partial charge in [-0.05, 0) is 98.1 Å². The van der Waals surface area contributed by atoms with Gasteiger partial charge < -0.3 is 0 Å². The lowest BCUT2D eigenvalue weighted by Crippen LogP contribution is -2.13. The molecule has 1 saturated carbocycles. The summed E-state index contributed by atoms with van der Waals surface area (Å²) in [6.45, 7) is 4.35. The highest BCUT2D eigenvalue weighted by molar-refractivity contribution is 7.78. The van der Waals surface area contributed by atoms with Crippen LogP contribution in [0.1, 0.15) is 73.6 Å². The van der Waals surface area contributed by atoms with Gasteiger partial charge in [-0.25, -0.2) is 0 Å². The van der Waals surface area contributed by atoms with Crippen LogP contribution in [0.5, 0.6) is 0 Å². The fourth-order valence-electron chi connectivity index (χ4n) is 4.08. The van der Waals surface area contributed by atoms with Crippen molar-refractivity contribution in [3.63, 3.8) is 0 Å². The maximum atomic E-state index is 4.66. The summed E-state index contributed by atoms with van der Waals surface area (Å²) in [5.41, 5.74) is 5.50. The number of rotatable bonds is 4. The normalized spacial score (nSPS) is 18.9. The lowest BCUT2D eigenvalue weighted by atomic mass is 9.77. The second kappa shape index (κ2) is 9.65. The number of benzene rings is 2. The van der Waals surface area contributed by atoms with Gasteiger partial charge in [0.05, 0.1) is 10.8 Å². The Morgan fingerprint density at radius 3 is 2.37 bits per heavy atom. The van der Waals surface area contributed by atoms with Crippen molar-refractivity contribution in [2.75, 3.05) is 0 Å². The predicted molar refractivity (Wildman–Crippen MR) is 118 cm³/mol. The van der Waals surface area contributed by atoms with Gasteiger partial charge in [0.2, 0.25) is 0 Å². The number of thiocarbonyl (C=S) groups is 1. The zero-order chi connectivity index (χ0) is 19.1. The van der Waals surface area contributed by atoms with E-state index in [1.54, 1.807) is 0 Å². The summed E-state index contributed by atoms with van der Waals surface area (Å²) < 4.78 is 0. The molecule has 0 radical (unpaired) electrons. The molecule has 2 heteroatoms. The highest BCUT2D eigenvalue weighted by atomic mass is 32.1. The van der Waals surface area contributed by atoms with Crippen molar-refractivity contribution in [2.45, 2.75) is 58.3 Å². The first-order valence-electron chi connectivity index (χ1n) is 10.00. The molecule has 1 aliphatic carbocycles. The Morgan fingerprint density at radius 2 is 1.74 bits per heavy atom. The molecular formula is C25H27NS. The molecule has 0 bridgehead atoms. The molecule has 1 nitrogen and oxygen atoms in total. The van der Waals surface area contributed by atoms with Gasteiger partial charge in [0.15, 0.2) is 0 Å². The van der Waals surface area contributed by atoms with Gasteiger partial charge in [0, 0.05) is 11.1 Å². The molecule has 0 aromatic heterocycles. The van der Waals surface area contributed by atoms with Crippen molar-refractivity contribution in [3.05, 3.63) is 64.7 Å². The predicted octanol–water partition coefficient (Wildman–Crippen LogP) is 7.20. The van der Waals surface area contributed by atoms with Crippen LogP contribution in [-0.4, -0.2) is 5.16 Å². The molecule has 0 N–H and O–H groups in total. The van der Waals surface area contributed by atoms with Crippen LogP contribution in [0.2, 0.25) is 0 Å². The largest absolute Gasteiger partial charge is 0.195 e. The third kappa shape index (κ3) is 5.39. The average molecular weight is 374 g/mol. The molecule has 138 valence electrons. The van der Waals surface area contributed by atoms with E-state index in [9.17, 15) is 0 Å². The van der Waals surface area contributed by atoms with Crippen LogP contribution >= 0.6 is 12.2 Å². The molecule has 0 aliphatic heterocycles. The molecule has 3 rings (SSSR count). The van der Waals surface area contributed by atoms with E-state index >= 15 is 0 Å². The van der Waals surface area contributed by atoms with Gasteiger partial charge in [-0.15, -0.1) is 0 Å². The van der Waals surface area contributed by atoms with Crippen LogP contribution in [-0.2, 0) is 0 Å². The summed E-state index contributed by atoms with van der Waals surface area (Å²) in [6.07, 6.45) is 8.19. The molecular weight excluding hydrogens is 346 g/mol. The Bertz CT molecular complexity index is 871. The summed E-state index contributed by atoms with van der Waals surface area (Å²) in [5, 5.41) is 2.40. The SMILES string of the molecule is CCCC1CCC(c2ccc(C#Cc3ccc(N=C=S)cc3C)cc2)CC1. The topological polar surface area (TPSA) is 12.4 Å². The Kier molecular flexibility index (Phi) is 6.99. The molecule has 0 unspecified atom stereocenters. The smallest absolute Gasteiger partial charge is 0.0743 e. The minimum atomic E-state index is 0.733. The Morgan fingerprint density at radius 1 is 1.00 bits per heavy atom. The van der Waals surface area contributed by atoms with E-state index in [-0.39, 0.29) is 0 Å². The zero-order valence-electron chi connectivity index (χ0n) is 16.3. The maximum absolute atomic E-state index is 4.66. The molecule has 1 aliphatic rings. The number of hydrogen-bond donors (Lipinski definition) is 0. The maximum Gasteiger partial charge on any atom is 0.0743 e. The summed E-state index contributed by atoms with van der Waals surface area (Å²) in [5.74, 6) is 8.26. The monoisotopic (exact) mass is 373 g/mol. The van der Waals surface area contributed by atoms with E-state index in [0.29, 0.717) is 0 Å². The van der Waals surface area contributed by atoms with Crippen molar-refractivity contribution in [1.29, 1.82) is 0 Å². The number of nitrogens with zero attached hydrogens (tertiary/aromatic N) is 1. The Labute approximate surface area is 168 Å². The molecule has 0 amide bonds. The lowest BCUT2D eigenvalue weighted by molar-refractivity contribution is 0.308. The third-order valence-corrected chi connectivity index (χ3v) is 5.74. The number of aryl methyl sites for hydroxylation is 1. The molecule has 0 saturated heterocycles. The molecule has 27 heavy (non-hydrogen) atoms. The van der Waals surface area contributed by atoms with E-state index < -0.39 is 0 Å². The molecule has 2 aromatic rings. The van der Waals surface area contributed by atoms with Crippen molar-refractivity contribution in [1.82, 2.24) is 0 Å². The second-order valence-corrected chi connectivity index (χ2v) is 7.76. The molecule has 2 aromatic carbocycles. The fourth-order valence-corrected chi connectivity index (χ4v) is 4.19. The van der Waals surface area contributed by atoms with E-state index in [1.807, 2.05) is 25.1 Å². The van der Waals surface area contributed by atoms with Gasteiger partial charge in [0.1, 0.15) is 0 Å².